The van der Waals surface area contributed by atoms with Gasteiger partial charge < -0.3 is 18.9 Å². The van der Waals surface area contributed by atoms with Gasteiger partial charge in [-0.25, -0.2) is 9.37 Å². The number of rotatable bonds is 4. The molecule has 4 aromatic rings. The van der Waals surface area contributed by atoms with Crippen molar-refractivity contribution >= 4 is 22.5 Å². The summed E-state index contributed by atoms with van der Waals surface area (Å²) in [4.78, 5) is 29.9. The second kappa shape index (κ2) is 9.21. The fourth-order valence-electron chi connectivity index (χ4n) is 5.24. The van der Waals surface area contributed by atoms with Crippen LogP contribution in [0.25, 0.3) is 15.9 Å². The Kier molecular flexibility index (Phi) is 6.06. The Bertz CT molecular complexity index is 1520. The van der Waals surface area contributed by atoms with Crippen molar-refractivity contribution in [1.82, 2.24) is 24.0 Å². The quantitative estimate of drug-likeness (QED) is 0.408. The summed E-state index contributed by atoms with van der Waals surface area (Å²) in [5.41, 5.74) is 4.00. The van der Waals surface area contributed by atoms with Crippen molar-refractivity contribution in [2.75, 3.05) is 18.0 Å². The van der Waals surface area contributed by atoms with Gasteiger partial charge in [0.1, 0.15) is 5.82 Å². The molecule has 1 aliphatic heterocycles. The highest BCUT2D eigenvalue weighted by molar-refractivity contribution is 5.89. The summed E-state index contributed by atoms with van der Waals surface area (Å²) in [6, 6.07) is 11.8. The van der Waals surface area contributed by atoms with E-state index in [2.05, 4.69) is 38.5 Å². The molecule has 0 aliphatic carbocycles. The third kappa shape index (κ3) is 4.03. The highest BCUT2D eigenvalue weighted by Gasteiger charge is 2.37. The first-order valence-corrected chi connectivity index (χ1v) is 11.9. The summed E-state index contributed by atoms with van der Waals surface area (Å²) >= 11 is 0. The minimum Gasteiger partial charge on any atom is -0.362 e. The third-order valence-corrected chi connectivity index (χ3v) is 7.16. The van der Waals surface area contributed by atoms with Crippen LogP contribution in [0.5, 0.6) is 0 Å². The van der Waals surface area contributed by atoms with Gasteiger partial charge in [-0.1, -0.05) is 18.7 Å². The molecule has 0 N–H and O–H groups in total. The molecule has 36 heavy (non-hydrogen) atoms. The summed E-state index contributed by atoms with van der Waals surface area (Å²) in [6.07, 6.45) is 3.64. The lowest BCUT2D eigenvalue weighted by atomic mass is 9.96. The zero-order valence-corrected chi connectivity index (χ0v) is 20.8. The number of hydrogen-bond acceptors (Lipinski definition) is 5. The van der Waals surface area contributed by atoms with E-state index in [4.69, 9.17) is 6.57 Å². The number of piperazine rings is 1. The Morgan fingerprint density at radius 2 is 1.83 bits per heavy atom. The number of anilines is 1. The maximum Gasteiger partial charge on any atom is 0.270 e. The molecule has 0 saturated carbocycles. The van der Waals surface area contributed by atoms with Crippen molar-refractivity contribution in [3.63, 3.8) is 0 Å². The molecule has 1 aliphatic rings. The standard InChI is InChI=1S/C27H28FN7O/c1-17-15-35(27(23-13-30-16-32(23)4)19-6-8-20(28)9-7-19)18(2)14-34(17)22-12-25(36)33(5)21-10-11-24(29-3)31-26(21)22/h6-13,16-18,27H,14-15H2,1-2,4-5H3/t17-,18+,27?/m0/s1. The smallest absolute Gasteiger partial charge is 0.270 e. The molecule has 8 nitrogen and oxygen atoms in total. The molecule has 4 heterocycles. The number of aryl methyl sites for hydroxylation is 2. The van der Waals surface area contributed by atoms with Gasteiger partial charge in [-0.3, -0.25) is 9.69 Å². The number of pyridine rings is 2. The van der Waals surface area contributed by atoms with Crippen LogP contribution in [0.15, 0.2) is 59.8 Å². The topological polar surface area (TPSA) is 63.6 Å². The Hall–Kier alpha value is -4.03. The number of nitrogens with zero attached hydrogens (tertiary/aromatic N) is 7. The predicted molar refractivity (Wildman–Crippen MR) is 138 cm³/mol. The molecular formula is C27H28FN7O. The number of fused-ring (bicyclic) bond motifs is 1. The van der Waals surface area contributed by atoms with Crippen molar-refractivity contribution in [1.29, 1.82) is 0 Å². The van der Waals surface area contributed by atoms with E-state index < -0.39 is 0 Å². The molecule has 0 amide bonds. The first-order chi connectivity index (χ1) is 17.3. The van der Waals surface area contributed by atoms with E-state index in [1.54, 1.807) is 36.1 Å². The molecule has 184 valence electrons. The van der Waals surface area contributed by atoms with Crippen LogP contribution in [-0.4, -0.2) is 49.2 Å². The Balaban J connectivity index is 1.56. The average molecular weight is 486 g/mol. The van der Waals surface area contributed by atoms with Gasteiger partial charge in [-0.15, -0.1) is 4.98 Å². The first-order valence-electron chi connectivity index (χ1n) is 11.9. The Morgan fingerprint density at radius 1 is 1.08 bits per heavy atom. The molecule has 5 rings (SSSR count). The zero-order valence-electron chi connectivity index (χ0n) is 20.8. The SMILES string of the molecule is [C-]#[N+]c1ccc2c(n1)c(N1C[C@@H](C)N(C(c3ccc(F)cc3)c3cncn3C)C[C@@H]1C)cc(=O)n2C. The lowest BCUT2D eigenvalue weighted by Crippen LogP contribution is -2.57. The number of aromatic nitrogens is 4. The lowest BCUT2D eigenvalue weighted by Gasteiger charge is -2.48. The van der Waals surface area contributed by atoms with E-state index in [9.17, 15) is 9.18 Å². The summed E-state index contributed by atoms with van der Waals surface area (Å²) in [6.45, 7) is 13.0. The molecule has 9 heteroatoms. The molecule has 1 unspecified atom stereocenters. The second-order valence-electron chi connectivity index (χ2n) is 9.51. The molecule has 1 aromatic carbocycles. The second-order valence-corrected chi connectivity index (χ2v) is 9.51. The number of benzene rings is 1. The lowest BCUT2D eigenvalue weighted by molar-refractivity contribution is 0.126. The van der Waals surface area contributed by atoms with Crippen molar-refractivity contribution in [2.24, 2.45) is 14.1 Å². The molecule has 0 radical (unpaired) electrons. The molecule has 1 fully saturated rings. The van der Waals surface area contributed by atoms with Crippen LogP contribution >= 0.6 is 0 Å². The maximum absolute atomic E-state index is 13.7. The molecule has 0 spiro atoms. The van der Waals surface area contributed by atoms with Gasteiger partial charge in [0.2, 0.25) is 5.52 Å². The van der Waals surface area contributed by atoms with Gasteiger partial charge in [0.15, 0.2) is 0 Å². The first kappa shape index (κ1) is 23.7. The van der Waals surface area contributed by atoms with Crippen LogP contribution in [0.1, 0.15) is 31.1 Å². The number of imidazole rings is 1. The van der Waals surface area contributed by atoms with Crippen LogP contribution in [-0.2, 0) is 14.1 Å². The van der Waals surface area contributed by atoms with Gasteiger partial charge in [0.25, 0.3) is 11.4 Å². The Morgan fingerprint density at radius 3 is 2.50 bits per heavy atom. The van der Waals surface area contributed by atoms with Crippen LogP contribution in [0.3, 0.4) is 0 Å². The summed E-state index contributed by atoms with van der Waals surface area (Å²) in [5, 5.41) is 0. The minimum atomic E-state index is -0.266. The van der Waals surface area contributed by atoms with E-state index in [1.807, 2.05) is 29.9 Å². The van der Waals surface area contributed by atoms with Crippen LogP contribution in [0.4, 0.5) is 15.9 Å². The van der Waals surface area contributed by atoms with Crippen molar-refractivity contribution in [3.05, 3.63) is 93.8 Å². The van der Waals surface area contributed by atoms with Crippen LogP contribution in [0.2, 0.25) is 0 Å². The van der Waals surface area contributed by atoms with E-state index in [0.717, 1.165) is 16.9 Å². The highest BCUT2D eigenvalue weighted by atomic mass is 19.1. The van der Waals surface area contributed by atoms with Gasteiger partial charge in [0, 0.05) is 45.3 Å². The number of hydrogen-bond donors (Lipinski definition) is 0. The monoisotopic (exact) mass is 485 g/mol. The third-order valence-electron chi connectivity index (χ3n) is 7.16. The largest absolute Gasteiger partial charge is 0.362 e. The van der Waals surface area contributed by atoms with Crippen LogP contribution in [0, 0.1) is 12.4 Å². The van der Waals surface area contributed by atoms with E-state index in [1.165, 1.54) is 12.1 Å². The van der Waals surface area contributed by atoms with Crippen molar-refractivity contribution in [2.45, 2.75) is 32.0 Å². The van der Waals surface area contributed by atoms with E-state index in [-0.39, 0.29) is 29.5 Å². The maximum atomic E-state index is 13.7. The van der Waals surface area contributed by atoms with Gasteiger partial charge >= 0.3 is 0 Å². The van der Waals surface area contributed by atoms with Crippen molar-refractivity contribution in [3.8, 4) is 0 Å². The molecule has 1 saturated heterocycles. The van der Waals surface area contributed by atoms with Crippen LogP contribution < -0.4 is 10.5 Å². The van der Waals surface area contributed by atoms with Gasteiger partial charge in [-0.2, -0.15) is 0 Å². The minimum absolute atomic E-state index is 0.0473. The summed E-state index contributed by atoms with van der Waals surface area (Å²) in [5.74, 6) is 0.0341. The highest BCUT2D eigenvalue weighted by Crippen LogP contribution is 2.36. The number of halogens is 1. The fourth-order valence-corrected chi connectivity index (χ4v) is 5.24. The fraction of sp³-hybridized carbons (Fsp3) is 0.333. The van der Waals surface area contributed by atoms with E-state index in [0.29, 0.717) is 29.9 Å². The summed E-state index contributed by atoms with van der Waals surface area (Å²) in [7, 11) is 3.69. The van der Waals surface area contributed by atoms with Crippen molar-refractivity contribution < 1.29 is 4.39 Å². The summed E-state index contributed by atoms with van der Waals surface area (Å²) < 4.78 is 17.3. The predicted octanol–water partition coefficient (Wildman–Crippen LogP) is 4.05. The Labute approximate surface area is 209 Å². The molecule has 0 bridgehead atoms. The molecular weight excluding hydrogens is 457 g/mol. The van der Waals surface area contributed by atoms with Gasteiger partial charge in [-0.05, 0) is 43.7 Å². The normalized spacial score (nSPS) is 19.4. The molecule has 3 atom stereocenters. The molecule has 3 aromatic heterocycles. The van der Waals surface area contributed by atoms with E-state index >= 15 is 0 Å². The zero-order chi connectivity index (χ0) is 25.6. The van der Waals surface area contributed by atoms with Gasteiger partial charge in [0.05, 0.1) is 35.5 Å². The average Bonchev–Trinajstić information content (AvgIpc) is 3.29.